The van der Waals surface area contributed by atoms with E-state index in [4.69, 9.17) is 9.73 Å². The van der Waals surface area contributed by atoms with Crippen molar-refractivity contribution in [2.24, 2.45) is 12.0 Å². The molecule has 0 saturated carbocycles. The molecule has 0 radical (unpaired) electrons. The first-order chi connectivity index (χ1) is 14.2. The number of aromatic nitrogens is 2. The molecule has 0 spiro atoms. The largest absolute Gasteiger partial charge is 0.491 e. The minimum absolute atomic E-state index is 0. The van der Waals surface area contributed by atoms with E-state index < -0.39 is 0 Å². The lowest BCUT2D eigenvalue weighted by molar-refractivity contribution is 0.331. The van der Waals surface area contributed by atoms with E-state index in [1.165, 1.54) is 10.9 Å². The Kier molecular flexibility index (Phi) is 7.95. The predicted molar refractivity (Wildman–Crippen MR) is 133 cm³/mol. The summed E-state index contributed by atoms with van der Waals surface area (Å²) in [6.45, 7) is 6.13. The Morgan fingerprint density at radius 2 is 2.07 bits per heavy atom. The van der Waals surface area contributed by atoms with Gasteiger partial charge in [0.25, 0.3) is 0 Å². The molecular weight excluding hydrogens is 489 g/mol. The van der Waals surface area contributed by atoms with E-state index in [1.54, 1.807) is 0 Å². The number of halogens is 1. The molecule has 30 heavy (non-hydrogen) atoms. The summed E-state index contributed by atoms with van der Waals surface area (Å²) in [5.74, 6) is 2.40. The molecule has 7 heteroatoms. The SMILES string of the molecule is CCNC(=NCCOc1cccc2ccccc12)N1CCC(c2cnn(C)c2)C1.I. The molecule has 2 heterocycles. The quantitative estimate of drug-likeness (QED) is 0.231. The number of aliphatic imine (C=N–C) groups is 1. The Balaban J connectivity index is 0.00000256. The Labute approximate surface area is 195 Å². The number of benzene rings is 2. The van der Waals surface area contributed by atoms with Crippen molar-refractivity contribution in [3.8, 4) is 5.75 Å². The average Bonchev–Trinajstić information content (AvgIpc) is 3.39. The van der Waals surface area contributed by atoms with Gasteiger partial charge in [-0.3, -0.25) is 4.68 Å². The van der Waals surface area contributed by atoms with Crippen molar-refractivity contribution >= 4 is 40.7 Å². The number of hydrogen-bond acceptors (Lipinski definition) is 3. The second-order valence-corrected chi connectivity index (χ2v) is 7.44. The number of nitrogens with one attached hydrogen (secondary N) is 1. The van der Waals surface area contributed by atoms with Crippen LogP contribution in [0, 0.1) is 0 Å². The minimum atomic E-state index is 0. The van der Waals surface area contributed by atoms with Gasteiger partial charge in [0.05, 0.1) is 12.7 Å². The van der Waals surface area contributed by atoms with Crippen molar-refractivity contribution in [2.45, 2.75) is 19.3 Å². The van der Waals surface area contributed by atoms with E-state index in [1.807, 2.05) is 42.2 Å². The van der Waals surface area contributed by atoms with Crippen molar-refractivity contribution in [1.82, 2.24) is 20.0 Å². The maximum absolute atomic E-state index is 6.04. The summed E-state index contributed by atoms with van der Waals surface area (Å²) in [6, 6.07) is 14.5. The summed E-state index contributed by atoms with van der Waals surface area (Å²) in [7, 11) is 1.97. The van der Waals surface area contributed by atoms with Gasteiger partial charge in [-0.05, 0) is 30.4 Å². The molecular formula is C23H30IN5O. The highest BCUT2D eigenvalue weighted by atomic mass is 127. The van der Waals surface area contributed by atoms with Gasteiger partial charge < -0.3 is 15.0 Å². The number of ether oxygens (including phenoxy) is 1. The van der Waals surface area contributed by atoms with Crippen molar-refractivity contribution in [3.05, 3.63) is 60.4 Å². The molecule has 6 nitrogen and oxygen atoms in total. The number of rotatable bonds is 6. The second-order valence-electron chi connectivity index (χ2n) is 7.44. The zero-order valence-corrected chi connectivity index (χ0v) is 20.0. The zero-order valence-electron chi connectivity index (χ0n) is 17.6. The zero-order chi connectivity index (χ0) is 20.1. The molecule has 3 aromatic rings. The standard InChI is InChI=1S/C23H29N5O.HI/c1-3-24-23(28-13-11-19(17-28)20-15-26-27(2)16-20)25-12-14-29-22-10-6-8-18-7-4-5-9-21(18)22;/h4-10,15-16,19H,3,11-14,17H2,1-2H3,(H,24,25);1H. The van der Waals surface area contributed by atoms with Crippen LogP contribution >= 0.6 is 24.0 Å². The number of aryl methyl sites for hydroxylation is 1. The average molecular weight is 519 g/mol. The van der Waals surface area contributed by atoms with Gasteiger partial charge in [-0.15, -0.1) is 24.0 Å². The first-order valence-corrected chi connectivity index (χ1v) is 10.4. The van der Waals surface area contributed by atoms with Gasteiger partial charge in [0.2, 0.25) is 0 Å². The molecule has 4 rings (SSSR count). The maximum Gasteiger partial charge on any atom is 0.194 e. The van der Waals surface area contributed by atoms with Crippen molar-refractivity contribution in [3.63, 3.8) is 0 Å². The van der Waals surface area contributed by atoms with Gasteiger partial charge in [0, 0.05) is 44.2 Å². The second kappa shape index (κ2) is 10.7. The number of guanidine groups is 1. The van der Waals surface area contributed by atoms with Gasteiger partial charge in [-0.2, -0.15) is 5.10 Å². The molecule has 1 fully saturated rings. The lowest BCUT2D eigenvalue weighted by Gasteiger charge is -2.21. The lowest BCUT2D eigenvalue weighted by Crippen LogP contribution is -2.40. The van der Waals surface area contributed by atoms with Crippen LogP contribution < -0.4 is 10.1 Å². The predicted octanol–water partition coefficient (Wildman–Crippen LogP) is 4.03. The molecule has 0 aliphatic carbocycles. The third kappa shape index (κ3) is 5.24. The van der Waals surface area contributed by atoms with Gasteiger partial charge in [0.15, 0.2) is 5.96 Å². The molecule has 160 valence electrons. The van der Waals surface area contributed by atoms with Crippen LogP contribution in [0.3, 0.4) is 0 Å². The highest BCUT2D eigenvalue weighted by Crippen LogP contribution is 2.27. The van der Waals surface area contributed by atoms with Crippen molar-refractivity contribution < 1.29 is 4.74 Å². The van der Waals surface area contributed by atoms with Gasteiger partial charge in [-0.25, -0.2) is 4.99 Å². The first kappa shape index (κ1) is 22.4. The van der Waals surface area contributed by atoms with Crippen LogP contribution in [0.15, 0.2) is 59.9 Å². The molecule has 1 aliphatic rings. The van der Waals surface area contributed by atoms with E-state index in [9.17, 15) is 0 Å². The minimum Gasteiger partial charge on any atom is -0.491 e. The summed E-state index contributed by atoms with van der Waals surface area (Å²) in [4.78, 5) is 7.16. The van der Waals surface area contributed by atoms with E-state index in [0.29, 0.717) is 19.1 Å². The molecule has 1 aromatic heterocycles. The number of hydrogen-bond donors (Lipinski definition) is 1. The molecule has 1 N–H and O–H groups in total. The van der Waals surface area contributed by atoms with E-state index in [2.05, 4.69) is 46.6 Å². The topological polar surface area (TPSA) is 54.7 Å². The Bertz CT molecular complexity index is 981. The van der Waals surface area contributed by atoms with Crippen molar-refractivity contribution in [1.29, 1.82) is 0 Å². The van der Waals surface area contributed by atoms with Crippen molar-refractivity contribution in [2.75, 3.05) is 32.8 Å². The normalized spacial score (nSPS) is 16.5. The highest BCUT2D eigenvalue weighted by Gasteiger charge is 2.26. The molecule has 1 saturated heterocycles. The summed E-state index contributed by atoms with van der Waals surface area (Å²) in [5, 5.41) is 10.1. The molecule has 0 bridgehead atoms. The Morgan fingerprint density at radius 1 is 1.23 bits per heavy atom. The molecule has 1 aliphatic heterocycles. The lowest BCUT2D eigenvalue weighted by atomic mass is 10.0. The monoisotopic (exact) mass is 519 g/mol. The van der Waals surface area contributed by atoms with Crippen LogP contribution in [0.4, 0.5) is 0 Å². The van der Waals surface area contributed by atoms with Crippen LogP contribution in [0.5, 0.6) is 5.75 Å². The summed E-state index contributed by atoms with van der Waals surface area (Å²) in [5.41, 5.74) is 1.31. The maximum atomic E-state index is 6.04. The highest BCUT2D eigenvalue weighted by molar-refractivity contribution is 14.0. The summed E-state index contributed by atoms with van der Waals surface area (Å²) in [6.07, 6.45) is 5.23. The smallest absolute Gasteiger partial charge is 0.194 e. The molecule has 1 unspecified atom stereocenters. The van der Waals surface area contributed by atoms with Gasteiger partial charge in [-0.1, -0.05) is 36.4 Å². The van der Waals surface area contributed by atoms with Gasteiger partial charge in [0.1, 0.15) is 12.4 Å². The molecule has 2 aromatic carbocycles. The fraction of sp³-hybridized carbons (Fsp3) is 0.391. The summed E-state index contributed by atoms with van der Waals surface area (Å²) >= 11 is 0. The number of nitrogens with zero attached hydrogens (tertiary/aromatic N) is 4. The first-order valence-electron chi connectivity index (χ1n) is 10.4. The third-order valence-corrected chi connectivity index (χ3v) is 5.38. The number of fused-ring (bicyclic) bond motifs is 1. The van der Waals surface area contributed by atoms with E-state index in [-0.39, 0.29) is 24.0 Å². The van der Waals surface area contributed by atoms with E-state index >= 15 is 0 Å². The third-order valence-electron chi connectivity index (χ3n) is 5.38. The van der Waals surface area contributed by atoms with Gasteiger partial charge >= 0.3 is 0 Å². The fourth-order valence-corrected chi connectivity index (χ4v) is 3.93. The molecule has 1 atom stereocenters. The molecule has 0 amide bonds. The van der Waals surface area contributed by atoms with Crippen LogP contribution in [0.1, 0.15) is 24.8 Å². The fourth-order valence-electron chi connectivity index (χ4n) is 3.93. The van der Waals surface area contributed by atoms with Crippen LogP contribution in [0.25, 0.3) is 10.8 Å². The van der Waals surface area contributed by atoms with E-state index in [0.717, 1.165) is 43.2 Å². The van der Waals surface area contributed by atoms with Crippen LogP contribution in [-0.4, -0.2) is 53.4 Å². The van der Waals surface area contributed by atoms with Crippen LogP contribution in [-0.2, 0) is 7.05 Å². The Morgan fingerprint density at radius 3 is 2.87 bits per heavy atom. The Hall–Kier alpha value is -2.29. The summed E-state index contributed by atoms with van der Waals surface area (Å²) < 4.78 is 7.92. The number of likely N-dealkylation sites (tertiary alicyclic amines) is 1. The van der Waals surface area contributed by atoms with Crippen LogP contribution in [0.2, 0.25) is 0 Å².